The highest BCUT2D eigenvalue weighted by Crippen LogP contribution is 2.30. The van der Waals surface area contributed by atoms with Gasteiger partial charge in [-0.15, -0.1) is 0 Å². The van der Waals surface area contributed by atoms with Crippen LogP contribution < -0.4 is 9.47 Å². The number of hydrogen-bond acceptors (Lipinski definition) is 4. The van der Waals surface area contributed by atoms with Crippen molar-refractivity contribution >= 4 is 11.8 Å². The summed E-state index contributed by atoms with van der Waals surface area (Å²) in [7, 11) is 0. The smallest absolute Gasteiger partial charge is 0.303 e. The predicted molar refractivity (Wildman–Crippen MR) is 63.2 cm³/mol. The third kappa shape index (κ3) is 2.80. The van der Waals surface area contributed by atoms with Crippen molar-refractivity contribution in [3.8, 4) is 11.5 Å². The summed E-state index contributed by atoms with van der Waals surface area (Å²) in [6.45, 7) is 1.88. The molecule has 1 unspecified atom stereocenters. The van der Waals surface area contributed by atoms with E-state index in [4.69, 9.17) is 14.6 Å². The Morgan fingerprint density at radius 2 is 2.33 bits per heavy atom. The first-order chi connectivity index (χ1) is 8.56. The lowest BCUT2D eigenvalue weighted by Crippen LogP contribution is -2.13. The Kier molecular flexibility index (Phi) is 3.50. The van der Waals surface area contributed by atoms with Crippen LogP contribution in [0.1, 0.15) is 30.1 Å². The Morgan fingerprint density at radius 3 is 3.06 bits per heavy atom. The minimum absolute atomic E-state index is 0.0320. The van der Waals surface area contributed by atoms with Crippen LogP contribution in [0.3, 0.4) is 0 Å². The molecule has 0 amide bonds. The molecule has 0 radical (unpaired) electrons. The van der Waals surface area contributed by atoms with Gasteiger partial charge in [-0.2, -0.15) is 0 Å². The molecule has 0 saturated carbocycles. The van der Waals surface area contributed by atoms with E-state index in [1.807, 2.05) is 6.92 Å². The summed E-state index contributed by atoms with van der Waals surface area (Å²) in [5, 5.41) is 8.57. The average molecular weight is 250 g/mol. The summed E-state index contributed by atoms with van der Waals surface area (Å²) in [5.41, 5.74) is 0.570. The predicted octanol–water partition coefficient (Wildman–Crippen LogP) is 1.89. The van der Waals surface area contributed by atoms with Gasteiger partial charge in [0.25, 0.3) is 0 Å². The highest BCUT2D eigenvalue weighted by molar-refractivity contribution is 6.02. The SMILES string of the molecule is CC(CCC(=O)O)Oc1ccc2c(c1)OCC2=O. The largest absolute Gasteiger partial charge is 0.491 e. The van der Waals surface area contributed by atoms with Crippen LogP contribution in [-0.4, -0.2) is 29.6 Å². The second kappa shape index (κ2) is 5.08. The van der Waals surface area contributed by atoms with Crippen molar-refractivity contribution in [2.24, 2.45) is 0 Å². The summed E-state index contributed by atoms with van der Waals surface area (Å²) < 4.78 is 10.8. The number of aliphatic carboxylic acids is 1. The Bertz CT molecular complexity index is 480. The van der Waals surface area contributed by atoms with Gasteiger partial charge in [-0.05, 0) is 25.5 Å². The lowest BCUT2D eigenvalue weighted by molar-refractivity contribution is -0.137. The number of benzene rings is 1. The third-order valence-electron chi connectivity index (χ3n) is 2.71. The van der Waals surface area contributed by atoms with Crippen molar-refractivity contribution < 1.29 is 24.2 Å². The van der Waals surface area contributed by atoms with E-state index in [1.54, 1.807) is 18.2 Å². The second-order valence-corrected chi connectivity index (χ2v) is 4.23. The van der Waals surface area contributed by atoms with Crippen molar-refractivity contribution in [2.75, 3.05) is 6.61 Å². The van der Waals surface area contributed by atoms with E-state index in [2.05, 4.69) is 0 Å². The molecule has 1 aliphatic heterocycles. The lowest BCUT2D eigenvalue weighted by Gasteiger charge is -2.14. The molecular formula is C13H14O5. The second-order valence-electron chi connectivity index (χ2n) is 4.23. The Balaban J connectivity index is 1.98. The van der Waals surface area contributed by atoms with Gasteiger partial charge >= 0.3 is 5.97 Å². The zero-order valence-electron chi connectivity index (χ0n) is 10.0. The molecule has 18 heavy (non-hydrogen) atoms. The number of carbonyl (C=O) groups is 2. The van der Waals surface area contributed by atoms with E-state index < -0.39 is 5.97 Å². The van der Waals surface area contributed by atoms with Crippen LogP contribution in [0.15, 0.2) is 18.2 Å². The maximum atomic E-state index is 11.3. The summed E-state index contributed by atoms with van der Waals surface area (Å²) in [4.78, 5) is 21.8. The standard InChI is InChI=1S/C13H14O5/c1-8(2-5-13(15)16)18-9-3-4-10-11(14)7-17-12(10)6-9/h3-4,6,8H,2,5,7H2,1H3,(H,15,16). The fraction of sp³-hybridized carbons (Fsp3) is 0.385. The third-order valence-corrected chi connectivity index (χ3v) is 2.71. The van der Waals surface area contributed by atoms with Gasteiger partial charge in [-0.3, -0.25) is 9.59 Å². The van der Waals surface area contributed by atoms with Gasteiger partial charge in [0, 0.05) is 12.5 Å². The number of Topliss-reactive ketones (excluding diaryl/α,β-unsaturated/α-hetero) is 1. The number of carboxylic acid groups (broad SMARTS) is 1. The molecule has 0 saturated heterocycles. The topological polar surface area (TPSA) is 72.8 Å². The summed E-state index contributed by atoms with van der Waals surface area (Å²) in [6.07, 6.45) is 0.309. The maximum absolute atomic E-state index is 11.3. The molecule has 1 atom stereocenters. The quantitative estimate of drug-likeness (QED) is 0.863. The Labute approximate surface area is 104 Å². The van der Waals surface area contributed by atoms with Crippen molar-refractivity contribution in [2.45, 2.75) is 25.9 Å². The number of ketones is 1. The highest BCUT2D eigenvalue weighted by atomic mass is 16.5. The van der Waals surface area contributed by atoms with Gasteiger partial charge in [0.1, 0.15) is 11.5 Å². The van der Waals surface area contributed by atoms with Crippen molar-refractivity contribution in [1.29, 1.82) is 0 Å². The van der Waals surface area contributed by atoms with Crippen LogP contribution in [0.25, 0.3) is 0 Å². The molecule has 0 bridgehead atoms. The van der Waals surface area contributed by atoms with E-state index in [9.17, 15) is 9.59 Å². The van der Waals surface area contributed by atoms with Crippen LogP contribution in [0, 0.1) is 0 Å². The zero-order chi connectivity index (χ0) is 13.1. The summed E-state index contributed by atoms with van der Waals surface area (Å²) in [5.74, 6) is 0.244. The first-order valence-electron chi connectivity index (χ1n) is 5.75. The van der Waals surface area contributed by atoms with Crippen molar-refractivity contribution in [3.63, 3.8) is 0 Å². The number of fused-ring (bicyclic) bond motifs is 1. The molecule has 2 rings (SSSR count). The van der Waals surface area contributed by atoms with Gasteiger partial charge in [0.05, 0.1) is 11.7 Å². The molecule has 96 valence electrons. The molecular weight excluding hydrogens is 236 g/mol. The van der Waals surface area contributed by atoms with E-state index >= 15 is 0 Å². The molecule has 0 fully saturated rings. The van der Waals surface area contributed by atoms with Crippen molar-refractivity contribution in [3.05, 3.63) is 23.8 Å². The first kappa shape index (κ1) is 12.4. The van der Waals surface area contributed by atoms with Gasteiger partial charge in [0.2, 0.25) is 5.78 Å². The average Bonchev–Trinajstić information content (AvgIpc) is 2.68. The number of rotatable bonds is 5. The lowest BCUT2D eigenvalue weighted by atomic mass is 10.1. The molecule has 0 aromatic heterocycles. The normalized spacial score (nSPS) is 14.8. The van der Waals surface area contributed by atoms with E-state index in [1.165, 1.54) is 0 Å². The number of carbonyl (C=O) groups excluding carboxylic acids is 1. The maximum Gasteiger partial charge on any atom is 0.303 e. The van der Waals surface area contributed by atoms with E-state index in [-0.39, 0.29) is 24.9 Å². The minimum Gasteiger partial charge on any atom is -0.491 e. The van der Waals surface area contributed by atoms with Gasteiger partial charge < -0.3 is 14.6 Å². The zero-order valence-corrected chi connectivity index (χ0v) is 10.0. The molecule has 0 aliphatic carbocycles. The monoisotopic (exact) mass is 250 g/mol. The number of carboxylic acids is 1. The van der Waals surface area contributed by atoms with Crippen LogP contribution in [0.2, 0.25) is 0 Å². The van der Waals surface area contributed by atoms with Gasteiger partial charge in [0.15, 0.2) is 6.61 Å². The van der Waals surface area contributed by atoms with Crippen LogP contribution in [0.4, 0.5) is 0 Å². The first-order valence-corrected chi connectivity index (χ1v) is 5.75. The molecule has 5 heteroatoms. The Morgan fingerprint density at radius 1 is 1.56 bits per heavy atom. The van der Waals surface area contributed by atoms with Crippen molar-refractivity contribution in [1.82, 2.24) is 0 Å². The van der Waals surface area contributed by atoms with E-state index in [0.29, 0.717) is 23.5 Å². The van der Waals surface area contributed by atoms with Crippen LogP contribution >= 0.6 is 0 Å². The fourth-order valence-corrected chi connectivity index (χ4v) is 1.76. The minimum atomic E-state index is -0.840. The molecule has 1 N–H and O–H groups in total. The molecule has 1 aromatic carbocycles. The van der Waals surface area contributed by atoms with Gasteiger partial charge in [-0.1, -0.05) is 0 Å². The summed E-state index contributed by atoms with van der Waals surface area (Å²) in [6, 6.07) is 5.03. The van der Waals surface area contributed by atoms with E-state index in [0.717, 1.165) is 0 Å². The van der Waals surface area contributed by atoms with Gasteiger partial charge in [-0.25, -0.2) is 0 Å². The molecule has 5 nitrogen and oxygen atoms in total. The molecule has 0 spiro atoms. The van der Waals surface area contributed by atoms with Crippen LogP contribution in [-0.2, 0) is 4.79 Å². The van der Waals surface area contributed by atoms with Crippen LogP contribution in [0.5, 0.6) is 11.5 Å². The molecule has 1 aliphatic rings. The molecule has 1 aromatic rings. The number of ether oxygens (including phenoxy) is 2. The Hall–Kier alpha value is -2.04. The fourth-order valence-electron chi connectivity index (χ4n) is 1.76. The summed E-state index contributed by atoms with van der Waals surface area (Å²) >= 11 is 0. The highest BCUT2D eigenvalue weighted by Gasteiger charge is 2.21. The molecule has 1 heterocycles. The number of hydrogen-bond donors (Lipinski definition) is 1.